The first-order valence-electron chi connectivity index (χ1n) is 4.61. The molecule has 0 aliphatic heterocycles. The molecular weight excluding hydrogens is 286 g/mol. The molecule has 0 N–H and O–H groups in total. The van der Waals surface area contributed by atoms with Gasteiger partial charge in [-0.2, -0.15) is 0 Å². The van der Waals surface area contributed by atoms with E-state index in [0.717, 1.165) is 0 Å². The van der Waals surface area contributed by atoms with Crippen molar-refractivity contribution in [2.45, 2.75) is 3.79 Å². The lowest BCUT2D eigenvalue weighted by atomic mass is 10.2. The van der Waals surface area contributed by atoms with Gasteiger partial charge >= 0.3 is 0 Å². The number of methoxy groups -OCH3 is 1. The fraction of sp³-hybridized carbons (Fsp3) is 0.182. The van der Waals surface area contributed by atoms with Crippen LogP contribution in [0, 0.1) is 0 Å². The standard InChI is InChI=1S/C11H7Cl3O3/c1-16-6-2-3-7-8(15)5-10(11(12,13)14)17-9(7)4-6/h2-5H,1H3. The molecule has 0 amide bonds. The van der Waals surface area contributed by atoms with Gasteiger partial charge < -0.3 is 9.15 Å². The maximum Gasteiger partial charge on any atom is 0.248 e. The second-order valence-corrected chi connectivity index (χ2v) is 5.62. The molecule has 2 aromatic rings. The second-order valence-electron chi connectivity index (χ2n) is 3.33. The van der Waals surface area contributed by atoms with Gasteiger partial charge in [0.1, 0.15) is 11.3 Å². The van der Waals surface area contributed by atoms with Crippen LogP contribution in [0.15, 0.2) is 33.5 Å². The molecule has 0 aliphatic rings. The lowest BCUT2D eigenvalue weighted by Gasteiger charge is -2.10. The average Bonchev–Trinajstić information content (AvgIpc) is 2.27. The van der Waals surface area contributed by atoms with Crippen molar-refractivity contribution in [2.75, 3.05) is 7.11 Å². The minimum absolute atomic E-state index is 0.0201. The van der Waals surface area contributed by atoms with Crippen molar-refractivity contribution in [1.82, 2.24) is 0 Å². The predicted octanol–water partition coefficient (Wildman–Crippen LogP) is 3.63. The molecule has 2 rings (SSSR count). The molecule has 0 unspecified atom stereocenters. The molecule has 0 atom stereocenters. The third-order valence-corrected chi connectivity index (χ3v) is 2.77. The van der Waals surface area contributed by atoms with Crippen LogP contribution in [0.2, 0.25) is 0 Å². The minimum atomic E-state index is -1.77. The Kier molecular flexibility index (Phi) is 3.25. The first-order chi connectivity index (χ1) is 7.91. The van der Waals surface area contributed by atoms with E-state index >= 15 is 0 Å². The zero-order valence-electron chi connectivity index (χ0n) is 8.67. The van der Waals surface area contributed by atoms with E-state index in [4.69, 9.17) is 44.0 Å². The summed E-state index contributed by atoms with van der Waals surface area (Å²) in [5.41, 5.74) is 0.0494. The van der Waals surface area contributed by atoms with Crippen molar-refractivity contribution in [3.05, 3.63) is 40.2 Å². The first kappa shape index (κ1) is 12.6. The smallest absolute Gasteiger partial charge is 0.248 e. The lowest BCUT2D eigenvalue weighted by molar-refractivity contribution is 0.414. The van der Waals surface area contributed by atoms with Crippen LogP contribution in [0.3, 0.4) is 0 Å². The van der Waals surface area contributed by atoms with Crippen molar-refractivity contribution in [2.24, 2.45) is 0 Å². The van der Waals surface area contributed by atoms with Crippen molar-refractivity contribution < 1.29 is 9.15 Å². The molecular formula is C11H7Cl3O3. The first-order valence-corrected chi connectivity index (χ1v) is 5.74. The largest absolute Gasteiger partial charge is 0.497 e. The van der Waals surface area contributed by atoms with Crippen molar-refractivity contribution in [3.8, 4) is 5.75 Å². The van der Waals surface area contributed by atoms with Crippen LogP contribution in [0.1, 0.15) is 5.76 Å². The molecule has 0 saturated carbocycles. The van der Waals surface area contributed by atoms with E-state index in [1.807, 2.05) is 0 Å². The molecule has 0 radical (unpaired) electrons. The van der Waals surface area contributed by atoms with Crippen molar-refractivity contribution in [3.63, 3.8) is 0 Å². The molecule has 0 spiro atoms. The summed E-state index contributed by atoms with van der Waals surface area (Å²) >= 11 is 17.0. The van der Waals surface area contributed by atoms with Gasteiger partial charge in [0.05, 0.1) is 12.5 Å². The van der Waals surface area contributed by atoms with Crippen LogP contribution in [0.5, 0.6) is 5.75 Å². The van der Waals surface area contributed by atoms with E-state index in [9.17, 15) is 4.79 Å². The summed E-state index contributed by atoms with van der Waals surface area (Å²) < 4.78 is 8.63. The van der Waals surface area contributed by atoms with Crippen molar-refractivity contribution in [1.29, 1.82) is 0 Å². The Morgan fingerprint density at radius 3 is 2.53 bits per heavy atom. The molecule has 6 heteroatoms. The number of hydrogen-bond acceptors (Lipinski definition) is 3. The molecule has 1 heterocycles. The molecule has 1 aromatic carbocycles. The van der Waals surface area contributed by atoms with Crippen LogP contribution in [0.25, 0.3) is 11.0 Å². The Balaban J connectivity index is 2.75. The van der Waals surface area contributed by atoms with E-state index < -0.39 is 3.79 Å². The quantitative estimate of drug-likeness (QED) is 0.754. The topological polar surface area (TPSA) is 39.4 Å². The molecule has 90 valence electrons. The number of halogens is 3. The number of hydrogen-bond donors (Lipinski definition) is 0. The summed E-state index contributed by atoms with van der Waals surface area (Å²) in [6.07, 6.45) is 0. The summed E-state index contributed by atoms with van der Waals surface area (Å²) in [5, 5.41) is 0.406. The van der Waals surface area contributed by atoms with Crippen LogP contribution in [0.4, 0.5) is 0 Å². The Morgan fingerprint density at radius 2 is 1.94 bits per heavy atom. The van der Waals surface area contributed by atoms with Gasteiger partial charge in [-0.3, -0.25) is 4.79 Å². The maximum atomic E-state index is 11.8. The number of ether oxygens (including phenoxy) is 1. The van der Waals surface area contributed by atoms with Gasteiger partial charge in [-0.25, -0.2) is 0 Å². The Hall–Kier alpha value is -0.900. The summed E-state index contributed by atoms with van der Waals surface area (Å²) in [5.74, 6) is 0.537. The number of rotatable bonds is 1. The highest BCUT2D eigenvalue weighted by Gasteiger charge is 2.27. The highest BCUT2D eigenvalue weighted by atomic mass is 35.6. The fourth-order valence-corrected chi connectivity index (χ4v) is 1.68. The van der Waals surface area contributed by atoms with Gasteiger partial charge in [0.25, 0.3) is 0 Å². The van der Waals surface area contributed by atoms with Gasteiger partial charge in [-0.15, -0.1) is 0 Å². The third kappa shape index (κ3) is 2.51. The highest BCUT2D eigenvalue weighted by molar-refractivity contribution is 6.66. The number of fused-ring (bicyclic) bond motifs is 1. The zero-order chi connectivity index (χ0) is 12.6. The van der Waals surface area contributed by atoms with Crippen molar-refractivity contribution >= 4 is 45.8 Å². The predicted molar refractivity (Wildman–Crippen MR) is 68.3 cm³/mol. The zero-order valence-corrected chi connectivity index (χ0v) is 10.9. The number of benzene rings is 1. The van der Waals surface area contributed by atoms with E-state index in [-0.39, 0.29) is 11.2 Å². The Bertz CT molecular complexity index is 613. The summed E-state index contributed by atoms with van der Waals surface area (Å²) in [7, 11) is 1.51. The minimum Gasteiger partial charge on any atom is -0.497 e. The third-order valence-electron chi connectivity index (χ3n) is 2.22. The highest BCUT2D eigenvalue weighted by Crippen LogP contribution is 2.38. The molecule has 0 bridgehead atoms. The Labute approximate surface area is 112 Å². The van der Waals surface area contributed by atoms with Gasteiger partial charge in [-0.05, 0) is 12.1 Å². The van der Waals surface area contributed by atoms with E-state index in [1.54, 1.807) is 18.2 Å². The summed E-state index contributed by atoms with van der Waals surface area (Å²) in [4.78, 5) is 11.8. The molecule has 0 saturated heterocycles. The maximum absolute atomic E-state index is 11.8. The monoisotopic (exact) mass is 292 g/mol. The fourth-order valence-electron chi connectivity index (χ4n) is 1.40. The van der Waals surface area contributed by atoms with Gasteiger partial charge in [-0.1, -0.05) is 34.8 Å². The van der Waals surface area contributed by atoms with Gasteiger partial charge in [0.2, 0.25) is 3.79 Å². The van der Waals surface area contributed by atoms with Crippen LogP contribution >= 0.6 is 34.8 Å². The lowest BCUT2D eigenvalue weighted by Crippen LogP contribution is -2.08. The normalized spacial score (nSPS) is 11.8. The molecule has 0 aliphatic carbocycles. The van der Waals surface area contributed by atoms with Crippen LogP contribution < -0.4 is 10.2 Å². The van der Waals surface area contributed by atoms with Gasteiger partial charge in [0, 0.05) is 12.1 Å². The SMILES string of the molecule is COc1ccc2c(=O)cc(C(Cl)(Cl)Cl)oc2c1. The molecule has 0 fully saturated rings. The molecule has 3 nitrogen and oxygen atoms in total. The summed E-state index contributed by atoms with van der Waals surface area (Å²) in [6.45, 7) is 0. The van der Waals surface area contributed by atoms with E-state index in [0.29, 0.717) is 16.7 Å². The number of alkyl halides is 3. The molecule has 1 aromatic heterocycles. The van der Waals surface area contributed by atoms with Crippen LogP contribution in [-0.2, 0) is 3.79 Å². The van der Waals surface area contributed by atoms with E-state index in [1.165, 1.54) is 13.2 Å². The van der Waals surface area contributed by atoms with Gasteiger partial charge in [0.15, 0.2) is 11.2 Å². The summed E-state index contributed by atoms with van der Waals surface area (Å²) in [6, 6.07) is 5.99. The average molecular weight is 294 g/mol. The van der Waals surface area contributed by atoms with Crippen LogP contribution in [-0.4, -0.2) is 7.11 Å². The van der Waals surface area contributed by atoms with E-state index in [2.05, 4.69) is 0 Å². The molecule has 17 heavy (non-hydrogen) atoms. The Morgan fingerprint density at radius 1 is 1.24 bits per heavy atom. The second kappa shape index (κ2) is 4.41.